The van der Waals surface area contributed by atoms with Crippen molar-refractivity contribution in [3.8, 4) is 6.07 Å². The lowest BCUT2D eigenvalue weighted by molar-refractivity contribution is -0.180. The maximum absolute atomic E-state index is 13.4. The number of carbonyl (C=O) groups is 2. The molecule has 1 fully saturated rings. The monoisotopic (exact) mass is 468 g/mol. The number of fused-ring (bicyclic) bond motifs is 1. The molecular formula is C24H19ClF2N4O2. The van der Waals surface area contributed by atoms with E-state index in [9.17, 15) is 18.4 Å². The fourth-order valence-corrected chi connectivity index (χ4v) is 3.88. The molecule has 2 aromatic rings. The lowest BCUT2D eigenvalue weighted by atomic mass is 9.98. The highest BCUT2D eigenvalue weighted by molar-refractivity contribution is 6.31. The molecule has 1 saturated heterocycles. The Morgan fingerprint density at radius 2 is 2.18 bits per heavy atom. The molecular weight excluding hydrogens is 450 g/mol. The fraction of sp³-hybridized carbons (Fsp3) is 0.250. The molecule has 9 heteroatoms. The second-order valence-electron chi connectivity index (χ2n) is 7.84. The van der Waals surface area contributed by atoms with Crippen LogP contribution in [0.5, 0.6) is 0 Å². The Labute approximate surface area is 193 Å². The summed E-state index contributed by atoms with van der Waals surface area (Å²) in [4.78, 5) is 30.0. The number of alkyl halides is 2. The Morgan fingerprint density at radius 1 is 1.36 bits per heavy atom. The van der Waals surface area contributed by atoms with E-state index in [0.29, 0.717) is 16.5 Å². The predicted octanol–water partition coefficient (Wildman–Crippen LogP) is 4.05. The standard InChI is InChI=1S/C24H19ClF2N4O2/c25-17-6-3-15(4-7-17)1-2-16-5-8-20-19(11-16)18(9-10-29-20)23(33)30-13-22(32)31-14-24(26,27)21(31)12-28/h1-3,5-11,15,21H,4,13-14H2,(H,30,33)/b2-1+/t15?,21-/m1/s1. The van der Waals surface area contributed by atoms with Crippen LogP contribution in [0.25, 0.3) is 17.0 Å². The molecule has 2 amide bonds. The molecule has 1 unspecified atom stereocenters. The molecule has 33 heavy (non-hydrogen) atoms. The zero-order valence-corrected chi connectivity index (χ0v) is 18.1. The van der Waals surface area contributed by atoms with Gasteiger partial charge in [-0.3, -0.25) is 14.6 Å². The number of nitriles is 1. The minimum absolute atomic E-state index is 0.219. The Balaban J connectivity index is 1.46. The largest absolute Gasteiger partial charge is 0.343 e. The number of aromatic nitrogens is 1. The third kappa shape index (κ3) is 4.78. The molecule has 168 valence electrons. The first-order valence-electron chi connectivity index (χ1n) is 10.2. The third-order valence-electron chi connectivity index (χ3n) is 5.57. The molecule has 0 spiro atoms. The van der Waals surface area contributed by atoms with Gasteiger partial charge in [-0.2, -0.15) is 5.26 Å². The van der Waals surface area contributed by atoms with E-state index in [0.717, 1.165) is 21.9 Å². The Kier molecular flexibility index (Phi) is 6.25. The van der Waals surface area contributed by atoms with Crippen molar-refractivity contribution in [2.75, 3.05) is 13.1 Å². The number of pyridine rings is 1. The van der Waals surface area contributed by atoms with Gasteiger partial charge >= 0.3 is 0 Å². The highest BCUT2D eigenvalue weighted by Crippen LogP contribution is 2.34. The molecule has 6 nitrogen and oxygen atoms in total. The van der Waals surface area contributed by atoms with Crippen molar-refractivity contribution in [1.82, 2.24) is 15.2 Å². The zero-order valence-electron chi connectivity index (χ0n) is 17.3. The molecule has 2 atom stereocenters. The molecule has 1 aromatic carbocycles. The van der Waals surface area contributed by atoms with E-state index >= 15 is 0 Å². The van der Waals surface area contributed by atoms with Crippen LogP contribution in [0, 0.1) is 17.2 Å². The number of carbonyl (C=O) groups excluding carboxylic acids is 2. The first-order chi connectivity index (χ1) is 15.8. The summed E-state index contributed by atoms with van der Waals surface area (Å²) in [5, 5.41) is 12.6. The van der Waals surface area contributed by atoms with Crippen molar-refractivity contribution in [3.05, 3.63) is 70.9 Å². The molecule has 2 aliphatic rings. The normalized spacial score (nSPS) is 21.4. The SMILES string of the molecule is N#C[C@H]1N(C(=O)CNC(=O)c2ccnc3ccc(/C=C/C4C=CC(Cl)=CC4)cc23)CC1(F)F. The third-order valence-corrected chi connectivity index (χ3v) is 5.85. The van der Waals surface area contributed by atoms with Crippen LogP contribution < -0.4 is 5.32 Å². The highest BCUT2D eigenvalue weighted by atomic mass is 35.5. The summed E-state index contributed by atoms with van der Waals surface area (Å²) in [6.07, 6.45) is 12.1. The minimum atomic E-state index is -3.23. The number of rotatable bonds is 5. The zero-order chi connectivity index (χ0) is 23.6. The van der Waals surface area contributed by atoms with E-state index in [4.69, 9.17) is 16.9 Å². The smallest absolute Gasteiger partial charge is 0.298 e. The van der Waals surface area contributed by atoms with Crippen molar-refractivity contribution in [2.45, 2.75) is 18.4 Å². The van der Waals surface area contributed by atoms with E-state index in [1.54, 1.807) is 6.07 Å². The van der Waals surface area contributed by atoms with Gasteiger partial charge in [0, 0.05) is 16.6 Å². The van der Waals surface area contributed by atoms with Crippen molar-refractivity contribution in [3.63, 3.8) is 0 Å². The second kappa shape index (κ2) is 9.12. The molecule has 4 rings (SSSR count). The van der Waals surface area contributed by atoms with Crippen molar-refractivity contribution < 1.29 is 18.4 Å². The van der Waals surface area contributed by atoms with Crippen LogP contribution in [-0.4, -0.2) is 46.8 Å². The Morgan fingerprint density at radius 3 is 2.88 bits per heavy atom. The van der Waals surface area contributed by atoms with Gasteiger partial charge in [-0.25, -0.2) is 8.78 Å². The van der Waals surface area contributed by atoms with Crippen LogP contribution in [0.15, 0.2) is 59.8 Å². The fourth-order valence-electron chi connectivity index (χ4n) is 3.72. The molecule has 1 N–H and O–H groups in total. The van der Waals surface area contributed by atoms with Gasteiger partial charge < -0.3 is 10.2 Å². The number of likely N-dealkylation sites (tertiary alicyclic amines) is 1. The molecule has 0 radical (unpaired) electrons. The quantitative estimate of drug-likeness (QED) is 0.717. The van der Waals surface area contributed by atoms with Gasteiger partial charge in [-0.1, -0.05) is 42.0 Å². The van der Waals surface area contributed by atoms with Crippen molar-refractivity contribution in [2.24, 2.45) is 5.92 Å². The Bertz CT molecular complexity index is 1250. The maximum atomic E-state index is 13.4. The second-order valence-corrected chi connectivity index (χ2v) is 8.28. The van der Waals surface area contributed by atoms with Gasteiger partial charge in [0.1, 0.15) is 0 Å². The first-order valence-corrected chi connectivity index (χ1v) is 10.6. The van der Waals surface area contributed by atoms with E-state index < -0.39 is 36.9 Å². The molecule has 0 bridgehead atoms. The molecule has 1 aliphatic carbocycles. The number of hydrogen-bond donors (Lipinski definition) is 1. The van der Waals surface area contributed by atoms with Gasteiger partial charge in [-0.15, -0.1) is 0 Å². The lowest BCUT2D eigenvalue weighted by Gasteiger charge is -2.43. The molecule has 0 saturated carbocycles. The van der Waals surface area contributed by atoms with Crippen molar-refractivity contribution >= 4 is 40.4 Å². The van der Waals surface area contributed by atoms with Crippen LogP contribution in [0.1, 0.15) is 22.3 Å². The number of allylic oxidation sites excluding steroid dienone is 5. The maximum Gasteiger partial charge on any atom is 0.298 e. The van der Waals surface area contributed by atoms with Crippen LogP contribution >= 0.6 is 11.6 Å². The molecule has 1 aromatic heterocycles. The average molecular weight is 469 g/mol. The summed E-state index contributed by atoms with van der Waals surface area (Å²) in [6, 6.07) is 6.66. The van der Waals surface area contributed by atoms with Gasteiger partial charge in [0.15, 0.2) is 6.04 Å². The predicted molar refractivity (Wildman–Crippen MR) is 120 cm³/mol. The van der Waals surface area contributed by atoms with E-state index in [-0.39, 0.29) is 5.92 Å². The van der Waals surface area contributed by atoms with E-state index in [1.807, 2.05) is 42.5 Å². The minimum Gasteiger partial charge on any atom is -0.343 e. The van der Waals surface area contributed by atoms with E-state index in [1.165, 1.54) is 18.3 Å². The number of hydrogen-bond acceptors (Lipinski definition) is 4. The van der Waals surface area contributed by atoms with E-state index in [2.05, 4.69) is 10.3 Å². The van der Waals surface area contributed by atoms with Crippen LogP contribution in [0.3, 0.4) is 0 Å². The number of halogens is 3. The number of nitrogens with one attached hydrogen (secondary N) is 1. The summed E-state index contributed by atoms with van der Waals surface area (Å²) < 4.78 is 26.7. The summed E-state index contributed by atoms with van der Waals surface area (Å²) in [6.45, 7) is -1.31. The number of nitrogens with zero attached hydrogens (tertiary/aromatic N) is 3. The van der Waals surface area contributed by atoms with Crippen LogP contribution in [-0.2, 0) is 4.79 Å². The summed E-state index contributed by atoms with van der Waals surface area (Å²) >= 11 is 5.95. The molecule has 2 heterocycles. The van der Waals surface area contributed by atoms with Crippen LogP contribution in [0.4, 0.5) is 8.78 Å². The average Bonchev–Trinajstić information content (AvgIpc) is 2.80. The summed E-state index contributed by atoms with van der Waals surface area (Å²) in [5.74, 6) is -4.28. The Hall–Kier alpha value is -3.57. The topological polar surface area (TPSA) is 86.1 Å². The van der Waals surface area contributed by atoms with Gasteiger partial charge in [0.25, 0.3) is 11.8 Å². The number of benzene rings is 1. The van der Waals surface area contributed by atoms with Crippen LogP contribution in [0.2, 0.25) is 0 Å². The first kappa shape index (κ1) is 22.6. The van der Waals surface area contributed by atoms with Crippen molar-refractivity contribution in [1.29, 1.82) is 5.26 Å². The molecule has 1 aliphatic heterocycles. The summed E-state index contributed by atoms with van der Waals surface area (Å²) in [7, 11) is 0. The van der Waals surface area contributed by atoms with Gasteiger partial charge in [0.05, 0.1) is 30.2 Å². The summed E-state index contributed by atoms with van der Waals surface area (Å²) in [5.41, 5.74) is 1.78. The lowest BCUT2D eigenvalue weighted by Crippen LogP contribution is -2.67. The highest BCUT2D eigenvalue weighted by Gasteiger charge is 2.57. The van der Waals surface area contributed by atoms with Gasteiger partial charge in [0.2, 0.25) is 5.91 Å². The van der Waals surface area contributed by atoms with Gasteiger partial charge in [-0.05, 0) is 42.2 Å². The number of amides is 2.